The van der Waals surface area contributed by atoms with Crippen LogP contribution in [-0.4, -0.2) is 18.6 Å². The molecule has 0 bridgehead atoms. The summed E-state index contributed by atoms with van der Waals surface area (Å²) < 4.78 is 31.9. The molecule has 0 radical (unpaired) electrons. The third-order valence-electron chi connectivity index (χ3n) is 3.39. The Balaban J connectivity index is 2.17. The van der Waals surface area contributed by atoms with Gasteiger partial charge in [-0.15, -0.1) is 0 Å². The monoisotopic (exact) mass is 293 g/mol. The van der Waals surface area contributed by atoms with E-state index in [1.165, 1.54) is 6.20 Å². The average Bonchev–Trinajstić information content (AvgIpc) is 3.25. The van der Waals surface area contributed by atoms with Gasteiger partial charge in [0, 0.05) is 12.1 Å². The molecule has 1 aliphatic rings. The molecule has 1 aliphatic carbocycles. The third kappa shape index (κ3) is 2.66. The molecule has 0 spiro atoms. The first-order valence-electron chi connectivity index (χ1n) is 6.87. The van der Waals surface area contributed by atoms with Crippen LogP contribution in [0.4, 0.5) is 14.5 Å². The molecule has 0 saturated heterocycles. The molecule has 1 fully saturated rings. The number of aromatic nitrogens is 1. The van der Waals surface area contributed by atoms with Gasteiger partial charge in [-0.2, -0.15) is 0 Å². The van der Waals surface area contributed by atoms with Crippen molar-refractivity contribution in [2.45, 2.75) is 25.8 Å². The predicted molar refractivity (Wildman–Crippen MR) is 73.0 cm³/mol. The number of esters is 1. The Kier molecular flexibility index (Phi) is 3.45. The number of hydrogen-bond acceptors (Lipinski definition) is 3. The number of fused-ring (bicyclic) bond motifs is 1. The number of H-pyrrole nitrogens is 1. The minimum absolute atomic E-state index is 0.248. The lowest BCUT2D eigenvalue weighted by molar-refractivity contribution is -0.344. The maximum absolute atomic E-state index is 13.5. The summed E-state index contributed by atoms with van der Waals surface area (Å²) in [4.78, 5) is 14.8. The fraction of sp³-hybridized carbons (Fsp3) is 0.333. The highest BCUT2D eigenvalue weighted by Crippen LogP contribution is 2.32. The number of carbonyl (C=O) groups is 1. The van der Waals surface area contributed by atoms with Crippen LogP contribution in [0.15, 0.2) is 18.3 Å². The van der Waals surface area contributed by atoms with Crippen molar-refractivity contribution in [3.63, 3.8) is 0 Å². The standard InChI is InChI=1S/C15H14F2N2O2/c1-2-21-15(20)10-7-18-13-6-12(17)11(16)5-9(13)14(10)19-8-3-4-8/h5-8H,2-4H2,1H3,(H,18,19)/p+1. The van der Waals surface area contributed by atoms with E-state index in [4.69, 9.17) is 4.74 Å². The van der Waals surface area contributed by atoms with Crippen LogP contribution < -0.4 is 10.3 Å². The minimum atomic E-state index is -0.948. The molecule has 1 heterocycles. The van der Waals surface area contributed by atoms with E-state index < -0.39 is 17.6 Å². The fourth-order valence-corrected chi connectivity index (χ4v) is 2.20. The maximum atomic E-state index is 13.5. The molecular weight excluding hydrogens is 278 g/mol. The van der Waals surface area contributed by atoms with E-state index in [-0.39, 0.29) is 12.6 Å². The number of halogens is 2. The average molecular weight is 293 g/mol. The van der Waals surface area contributed by atoms with Gasteiger partial charge in [0.2, 0.25) is 5.52 Å². The fourth-order valence-electron chi connectivity index (χ4n) is 2.20. The highest BCUT2D eigenvalue weighted by Gasteiger charge is 2.27. The summed E-state index contributed by atoms with van der Waals surface area (Å²) in [7, 11) is 0. The van der Waals surface area contributed by atoms with Crippen LogP contribution in [0, 0.1) is 11.6 Å². The van der Waals surface area contributed by atoms with Crippen molar-refractivity contribution >= 4 is 22.6 Å². The maximum Gasteiger partial charge on any atom is 0.346 e. The van der Waals surface area contributed by atoms with Gasteiger partial charge in [0.1, 0.15) is 5.56 Å². The Bertz CT molecular complexity index is 714. The van der Waals surface area contributed by atoms with Gasteiger partial charge in [0.05, 0.1) is 17.7 Å². The summed E-state index contributed by atoms with van der Waals surface area (Å²) in [6.45, 7) is 1.96. The van der Waals surface area contributed by atoms with Crippen molar-refractivity contribution in [3.05, 3.63) is 35.5 Å². The van der Waals surface area contributed by atoms with Crippen LogP contribution in [0.3, 0.4) is 0 Å². The highest BCUT2D eigenvalue weighted by molar-refractivity contribution is 6.03. The normalized spacial score (nSPS) is 14.2. The van der Waals surface area contributed by atoms with Crippen LogP contribution in [-0.2, 0) is 4.74 Å². The van der Waals surface area contributed by atoms with E-state index in [1.54, 1.807) is 6.92 Å². The van der Waals surface area contributed by atoms with E-state index >= 15 is 0 Å². The quantitative estimate of drug-likeness (QED) is 0.882. The Morgan fingerprint density at radius 2 is 2.10 bits per heavy atom. The van der Waals surface area contributed by atoms with Crippen LogP contribution in [0.1, 0.15) is 30.1 Å². The molecule has 0 unspecified atom stereocenters. The summed E-state index contributed by atoms with van der Waals surface area (Å²) in [5.74, 6) is -2.38. The molecule has 0 atom stereocenters. The zero-order chi connectivity index (χ0) is 15.0. The zero-order valence-corrected chi connectivity index (χ0v) is 11.5. The zero-order valence-electron chi connectivity index (χ0n) is 11.5. The van der Waals surface area contributed by atoms with Gasteiger partial charge in [0.25, 0.3) is 0 Å². The largest absolute Gasteiger partial charge is 0.462 e. The molecule has 1 aromatic heterocycles. The molecule has 2 N–H and O–H groups in total. The Morgan fingerprint density at radius 1 is 1.38 bits per heavy atom. The van der Waals surface area contributed by atoms with Crippen LogP contribution in [0.25, 0.3) is 10.9 Å². The second kappa shape index (κ2) is 5.27. The second-order valence-corrected chi connectivity index (χ2v) is 5.03. The lowest BCUT2D eigenvalue weighted by atomic mass is 10.1. The number of rotatable bonds is 4. The Hall–Kier alpha value is -2.24. The first-order valence-corrected chi connectivity index (χ1v) is 6.87. The summed E-state index contributed by atoms with van der Waals surface area (Å²) in [5, 5.41) is 3.64. The van der Waals surface area contributed by atoms with Gasteiger partial charge in [-0.3, -0.25) is 0 Å². The number of nitrogens with one attached hydrogen (secondary N) is 2. The molecule has 1 saturated carbocycles. The number of anilines is 1. The number of hydrogen-bond donors (Lipinski definition) is 1. The van der Waals surface area contributed by atoms with Crippen LogP contribution >= 0.6 is 0 Å². The molecule has 2 aromatic rings. The molecule has 21 heavy (non-hydrogen) atoms. The summed E-state index contributed by atoms with van der Waals surface area (Å²) in [5.41, 5.74) is 1.20. The van der Waals surface area contributed by atoms with Gasteiger partial charge in [0.15, 0.2) is 17.8 Å². The molecule has 4 nitrogen and oxygen atoms in total. The van der Waals surface area contributed by atoms with Crippen molar-refractivity contribution in [3.8, 4) is 0 Å². The first kappa shape index (κ1) is 13.7. The molecule has 0 aliphatic heterocycles. The summed E-state index contributed by atoms with van der Waals surface area (Å²) in [6, 6.07) is 2.43. The molecule has 0 amide bonds. The van der Waals surface area contributed by atoms with Gasteiger partial charge in [-0.1, -0.05) is 0 Å². The van der Waals surface area contributed by atoms with Gasteiger partial charge in [-0.05, 0) is 25.8 Å². The minimum Gasteiger partial charge on any atom is -0.462 e. The van der Waals surface area contributed by atoms with Crippen LogP contribution in [0.2, 0.25) is 0 Å². The van der Waals surface area contributed by atoms with E-state index in [2.05, 4.69) is 10.3 Å². The molecule has 3 rings (SSSR count). The lowest BCUT2D eigenvalue weighted by Crippen LogP contribution is -2.17. The Morgan fingerprint density at radius 3 is 2.76 bits per heavy atom. The second-order valence-electron chi connectivity index (χ2n) is 5.03. The topological polar surface area (TPSA) is 52.5 Å². The first-order chi connectivity index (χ1) is 10.1. The van der Waals surface area contributed by atoms with Crippen molar-refractivity contribution in [1.29, 1.82) is 0 Å². The predicted octanol–water partition coefficient (Wildman–Crippen LogP) is 2.68. The number of pyridine rings is 1. The lowest BCUT2D eigenvalue weighted by Gasteiger charge is -2.11. The smallest absolute Gasteiger partial charge is 0.346 e. The van der Waals surface area contributed by atoms with Crippen molar-refractivity contribution in [2.75, 3.05) is 11.9 Å². The van der Waals surface area contributed by atoms with Crippen molar-refractivity contribution in [1.82, 2.24) is 0 Å². The number of ether oxygens (including phenoxy) is 1. The molecule has 6 heteroatoms. The molecule has 1 aromatic carbocycles. The number of aromatic amines is 1. The van der Waals surface area contributed by atoms with E-state index in [0.29, 0.717) is 22.2 Å². The van der Waals surface area contributed by atoms with Crippen molar-refractivity contribution in [2.24, 2.45) is 0 Å². The summed E-state index contributed by atoms with van der Waals surface area (Å²) >= 11 is 0. The van der Waals surface area contributed by atoms with Gasteiger partial charge >= 0.3 is 5.97 Å². The number of carbonyl (C=O) groups excluding carboxylic acids is 1. The number of benzene rings is 1. The third-order valence-corrected chi connectivity index (χ3v) is 3.39. The van der Waals surface area contributed by atoms with E-state index in [0.717, 1.165) is 25.0 Å². The van der Waals surface area contributed by atoms with Crippen LogP contribution in [0.5, 0.6) is 0 Å². The highest BCUT2D eigenvalue weighted by atomic mass is 19.2. The van der Waals surface area contributed by atoms with Crippen molar-refractivity contribution < 1.29 is 23.3 Å². The van der Waals surface area contributed by atoms with E-state index in [1.807, 2.05) is 0 Å². The SMILES string of the molecule is CCOC(=O)c1c[nH+]c2cc(F)c(F)cc2c1NC1CC1. The Labute approximate surface area is 120 Å². The van der Waals surface area contributed by atoms with Gasteiger partial charge in [-0.25, -0.2) is 18.6 Å². The molecule has 110 valence electrons. The van der Waals surface area contributed by atoms with Gasteiger partial charge < -0.3 is 10.1 Å². The summed E-state index contributed by atoms with van der Waals surface area (Å²) in [6.07, 6.45) is 3.44. The molecular formula is C15H15F2N2O2+. The van der Waals surface area contributed by atoms with E-state index in [9.17, 15) is 13.6 Å².